The Hall–Kier alpha value is -2.30. The second kappa shape index (κ2) is 11.2. The van der Waals surface area contributed by atoms with E-state index in [9.17, 15) is 9.36 Å². The van der Waals surface area contributed by atoms with Gasteiger partial charge in [0.2, 0.25) is 5.85 Å². The first-order valence-electron chi connectivity index (χ1n) is 10.0. The zero-order valence-corrected chi connectivity index (χ0v) is 21.0. The minimum atomic E-state index is -3.87. The molecule has 13 heteroatoms. The van der Waals surface area contributed by atoms with Crippen LogP contribution in [0.5, 0.6) is 5.75 Å². The van der Waals surface area contributed by atoms with E-state index < -0.39 is 19.4 Å². The Bertz CT molecular complexity index is 1130. The molecule has 10 nitrogen and oxygen atoms in total. The lowest BCUT2D eigenvalue weighted by Gasteiger charge is -2.26. The van der Waals surface area contributed by atoms with Crippen molar-refractivity contribution in [1.29, 1.82) is 0 Å². The lowest BCUT2D eigenvalue weighted by molar-refractivity contribution is 0.0356. The van der Waals surface area contributed by atoms with Gasteiger partial charge in [-0.3, -0.25) is 4.57 Å². The van der Waals surface area contributed by atoms with Crippen LogP contribution in [0, 0.1) is 6.92 Å². The molecular weight excluding hydrogens is 491 g/mol. The molecule has 2 heterocycles. The Labute approximate surface area is 200 Å². The van der Waals surface area contributed by atoms with Crippen molar-refractivity contribution in [1.82, 2.24) is 20.0 Å². The topological polar surface area (TPSA) is 115 Å². The number of methoxy groups -OCH3 is 1. The first-order chi connectivity index (χ1) is 15.8. The van der Waals surface area contributed by atoms with Gasteiger partial charge in [-0.25, -0.2) is 14.5 Å². The van der Waals surface area contributed by atoms with Gasteiger partial charge >= 0.3 is 13.6 Å². The number of carbonyl (C=O) groups excluding carboxylic acids is 1. The summed E-state index contributed by atoms with van der Waals surface area (Å²) in [6.07, 6.45) is 1.63. The quantitative estimate of drug-likeness (QED) is 0.261. The number of rotatable bonds is 11. The van der Waals surface area contributed by atoms with E-state index in [0.29, 0.717) is 28.0 Å². The summed E-state index contributed by atoms with van der Waals surface area (Å²) in [7, 11) is -2.34. The second-order valence-electron chi connectivity index (χ2n) is 6.67. The maximum absolute atomic E-state index is 13.6. The van der Waals surface area contributed by atoms with Crippen molar-refractivity contribution in [3.05, 3.63) is 56.8 Å². The number of ether oxygens (including phenoxy) is 2. The minimum Gasteiger partial charge on any atom is -0.497 e. The van der Waals surface area contributed by atoms with Crippen molar-refractivity contribution in [2.75, 3.05) is 20.3 Å². The first-order valence-corrected chi connectivity index (χ1v) is 12.9. The number of esters is 1. The standard InChI is InChI=1S/C20H24ClN4O6PS/c1-5-29-32(27,30-6-2)19(14-7-9-15(28-4)10-8-14)31-18(26)17-13(3)25(24-23-17)12-16-11-22-20(21)33-16/h7-11,19H,5-6,12H2,1-4H3. The molecule has 0 spiro atoms. The smallest absolute Gasteiger partial charge is 0.375 e. The molecule has 0 fully saturated rings. The van der Waals surface area contributed by atoms with Crippen LogP contribution in [0.2, 0.25) is 4.47 Å². The van der Waals surface area contributed by atoms with E-state index in [1.54, 1.807) is 51.2 Å². The number of aromatic nitrogens is 4. The third-order valence-corrected chi connectivity index (χ3v) is 7.85. The fourth-order valence-electron chi connectivity index (χ4n) is 2.98. The van der Waals surface area contributed by atoms with E-state index in [4.69, 9.17) is 30.1 Å². The highest BCUT2D eigenvalue weighted by molar-refractivity contribution is 7.54. The van der Waals surface area contributed by atoms with Crippen molar-refractivity contribution < 1.29 is 27.9 Å². The summed E-state index contributed by atoms with van der Waals surface area (Å²) < 4.78 is 37.3. The number of hydrogen-bond acceptors (Lipinski definition) is 10. The van der Waals surface area contributed by atoms with Crippen molar-refractivity contribution in [2.24, 2.45) is 0 Å². The number of benzene rings is 1. The molecule has 0 N–H and O–H groups in total. The normalized spacial score (nSPS) is 12.5. The molecule has 3 rings (SSSR count). The highest BCUT2D eigenvalue weighted by Crippen LogP contribution is 2.61. The zero-order chi connectivity index (χ0) is 24.0. The predicted molar refractivity (Wildman–Crippen MR) is 123 cm³/mol. The summed E-state index contributed by atoms with van der Waals surface area (Å²) in [5.41, 5.74) is 0.892. The van der Waals surface area contributed by atoms with E-state index in [1.165, 1.54) is 23.1 Å². The van der Waals surface area contributed by atoms with Crippen molar-refractivity contribution in [3.8, 4) is 5.75 Å². The molecule has 1 unspecified atom stereocenters. The van der Waals surface area contributed by atoms with Gasteiger partial charge in [0.15, 0.2) is 10.2 Å². The predicted octanol–water partition coefficient (Wildman–Crippen LogP) is 4.88. The third-order valence-electron chi connectivity index (χ3n) is 4.53. The van der Waals surface area contributed by atoms with Crippen LogP contribution in [0.15, 0.2) is 30.5 Å². The number of halogens is 1. The van der Waals surface area contributed by atoms with Crippen LogP contribution < -0.4 is 4.74 Å². The Morgan fingerprint density at radius 3 is 2.42 bits per heavy atom. The van der Waals surface area contributed by atoms with Gasteiger partial charge in [-0.05, 0) is 32.9 Å². The monoisotopic (exact) mass is 514 g/mol. The maximum Gasteiger partial charge on any atom is 0.375 e. The SMILES string of the molecule is CCOP(=O)(OCC)C(OC(=O)c1nnn(Cc2cnc(Cl)s2)c1C)c1ccc(OC)cc1. The maximum atomic E-state index is 13.6. The lowest BCUT2D eigenvalue weighted by Crippen LogP contribution is -2.16. The van der Waals surface area contributed by atoms with E-state index in [2.05, 4.69) is 15.3 Å². The highest BCUT2D eigenvalue weighted by atomic mass is 35.5. The largest absolute Gasteiger partial charge is 0.497 e. The van der Waals surface area contributed by atoms with Gasteiger partial charge in [-0.15, -0.1) is 16.4 Å². The second-order valence-corrected chi connectivity index (χ2v) is 10.4. The fourth-order valence-corrected chi connectivity index (χ4v) is 5.76. The molecule has 0 aliphatic rings. The molecule has 0 amide bonds. The summed E-state index contributed by atoms with van der Waals surface area (Å²) in [4.78, 5) is 17.9. The van der Waals surface area contributed by atoms with Gasteiger partial charge in [-0.1, -0.05) is 28.9 Å². The minimum absolute atomic E-state index is 0.0105. The van der Waals surface area contributed by atoms with Crippen molar-refractivity contribution in [3.63, 3.8) is 0 Å². The van der Waals surface area contributed by atoms with Crippen LogP contribution in [-0.2, 0) is 24.9 Å². The van der Waals surface area contributed by atoms with Gasteiger partial charge < -0.3 is 18.5 Å². The van der Waals surface area contributed by atoms with Crippen molar-refractivity contribution >= 4 is 36.5 Å². The molecule has 0 bridgehead atoms. The summed E-state index contributed by atoms with van der Waals surface area (Å²) >= 11 is 7.18. The Balaban J connectivity index is 1.90. The van der Waals surface area contributed by atoms with Crippen LogP contribution in [0.25, 0.3) is 0 Å². The molecule has 0 radical (unpaired) electrons. The Kier molecular flexibility index (Phi) is 8.61. The Morgan fingerprint density at radius 1 is 1.21 bits per heavy atom. The molecule has 1 atom stereocenters. The molecule has 3 aromatic rings. The van der Waals surface area contributed by atoms with Crippen LogP contribution in [-0.4, -0.2) is 46.3 Å². The van der Waals surface area contributed by atoms with Crippen LogP contribution in [0.4, 0.5) is 0 Å². The van der Waals surface area contributed by atoms with E-state index in [1.807, 2.05) is 0 Å². The first kappa shape index (κ1) is 25.3. The molecular formula is C20H24ClN4O6PS. The highest BCUT2D eigenvalue weighted by Gasteiger charge is 2.41. The lowest BCUT2D eigenvalue weighted by atomic mass is 10.2. The number of carbonyl (C=O) groups is 1. The summed E-state index contributed by atoms with van der Waals surface area (Å²) in [6.45, 7) is 5.60. The van der Waals surface area contributed by atoms with Gasteiger partial charge in [0.05, 0.1) is 32.6 Å². The van der Waals surface area contributed by atoms with Gasteiger partial charge in [0.25, 0.3) is 0 Å². The number of hydrogen-bond donors (Lipinski definition) is 0. The molecule has 2 aromatic heterocycles. The number of thiazole rings is 1. The van der Waals surface area contributed by atoms with E-state index in [-0.39, 0.29) is 18.9 Å². The average molecular weight is 515 g/mol. The average Bonchev–Trinajstić information content (AvgIpc) is 3.37. The third kappa shape index (κ3) is 5.99. The van der Waals surface area contributed by atoms with Crippen molar-refractivity contribution in [2.45, 2.75) is 33.2 Å². The molecule has 178 valence electrons. The molecule has 0 aliphatic carbocycles. The van der Waals surface area contributed by atoms with Gasteiger partial charge in [0.1, 0.15) is 5.75 Å². The molecule has 0 saturated heterocycles. The molecule has 1 aromatic carbocycles. The van der Waals surface area contributed by atoms with Crippen LogP contribution in [0.1, 0.15) is 46.3 Å². The van der Waals surface area contributed by atoms with Crippen LogP contribution >= 0.6 is 30.5 Å². The van der Waals surface area contributed by atoms with E-state index in [0.717, 1.165) is 4.88 Å². The van der Waals surface area contributed by atoms with Gasteiger partial charge in [-0.2, -0.15) is 0 Å². The summed E-state index contributed by atoms with van der Waals surface area (Å²) in [6, 6.07) is 6.61. The fraction of sp³-hybridized carbons (Fsp3) is 0.400. The zero-order valence-electron chi connectivity index (χ0n) is 18.6. The van der Waals surface area contributed by atoms with Crippen LogP contribution in [0.3, 0.4) is 0 Å². The number of nitrogens with zero attached hydrogens (tertiary/aromatic N) is 4. The van der Waals surface area contributed by atoms with E-state index >= 15 is 0 Å². The molecule has 0 saturated carbocycles. The molecule has 0 aliphatic heterocycles. The molecule has 33 heavy (non-hydrogen) atoms. The Morgan fingerprint density at radius 2 is 1.88 bits per heavy atom. The summed E-state index contributed by atoms with van der Waals surface area (Å²) in [5, 5.41) is 8.00. The van der Waals surface area contributed by atoms with Gasteiger partial charge in [0, 0.05) is 16.6 Å². The summed E-state index contributed by atoms with van der Waals surface area (Å²) in [5.74, 6) is -1.52.